The van der Waals surface area contributed by atoms with E-state index < -0.39 is 0 Å². The lowest BCUT2D eigenvalue weighted by Gasteiger charge is -2.38. The number of hydrogen-bond donors (Lipinski definition) is 0. The molecule has 0 saturated carbocycles. The van der Waals surface area contributed by atoms with Gasteiger partial charge in [-0.05, 0) is 25.3 Å². The maximum atomic E-state index is 6.47. The number of rotatable bonds is 1. The van der Waals surface area contributed by atoms with Gasteiger partial charge in [-0.1, -0.05) is 36.8 Å². The number of hydrogen-bond acceptors (Lipinski definition) is 2. The van der Waals surface area contributed by atoms with E-state index in [4.69, 9.17) is 11.6 Å². The summed E-state index contributed by atoms with van der Waals surface area (Å²) in [5, 5.41) is 6.34. The predicted octanol–water partition coefficient (Wildman–Crippen LogP) is 3.40. The zero-order valence-corrected chi connectivity index (χ0v) is 10.9. The third kappa shape index (κ3) is 2.03. The molecule has 1 aliphatic carbocycles. The van der Waals surface area contributed by atoms with Gasteiger partial charge in [-0.3, -0.25) is 5.01 Å². The van der Waals surface area contributed by atoms with Crippen LogP contribution in [-0.2, 0) is 0 Å². The van der Waals surface area contributed by atoms with E-state index in [2.05, 4.69) is 37.2 Å². The maximum absolute atomic E-state index is 6.47. The molecule has 3 atom stereocenters. The van der Waals surface area contributed by atoms with Gasteiger partial charge in [0.2, 0.25) is 0 Å². The van der Waals surface area contributed by atoms with Crippen molar-refractivity contribution in [2.24, 2.45) is 16.9 Å². The molecule has 0 aromatic heterocycles. The molecule has 0 aromatic carbocycles. The van der Waals surface area contributed by atoms with Gasteiger partial charge in [0.25, 0.3) is 0 Å². The molecule has 0 aromatic rings. The van der Waals surface area contributed by atoms with Gasteiger partial charge in [0, 0.05) is 24.6 Å². The molecule has 0 saturated heterocycles. The van der Waals surface area contributed by atoms with Crippen molar-refractivity contribution in [3.8, 4) is 0 Å². The van der Waals surface area contributed by atoms with Crippen molar-refractivity contribution >= 4 is 17.3 Å². The van der Waals surface area contributed by atoms with Crippen LogP contribution in [0.3, 0.4) is 0 Å². The van der Waals surface area contributed by atoms with E-state index in [0.29, 0.717) is 11.8 Å². The van der Waals surface area contributed by atoms with Crippen molar-refractivity contribution in [3.63, 3.8) is 0 Å². The summed E-state index contributed by atoms with van der Waals surface area (Å²) in [6, 6.07) is 0. The Morgan fingerprint density at radius 3 is 2.81 bits per heavy atom. The van der Waals surface area contributed by atoms with Crippen molar-refractivity contribution in [1.29, 1.82) is 0 Å². The molecule has 2 rings (SSSR count). The van der Waals surface area contributed by atoms with Crippen LogP contribution in [0.2, 0.25) is 0 Å². The Labute approximate surface area is 103 Å². The molecule has 0 fully saturated rings. The fourth-order valence-corrected chi connectivity index (χ4v) is 2.86. The van der Waals surface area contributed by atoms with Crippen LogP contribution in [0.1, 0.15) is 26.7 Å². The minimum absolute atomic E-state index is 0.0345. The van der Waals surface area contributed by atoms with Crippen LogP contribution in [0, 0.1) is 11.8 Å². The van der Waals surface area contributed by atoms with Gasteiger partial charge < -0.3 is 0 Å². The average Bonchev–Trinajstić information content (AvgIpc) is 2.28. The first kappa shape index (κ1) is 11.7. The molecule has 2 aliphatic rings. The van der Waals surface area contributed by atoms with E-state index in [1.807, 2.05) is 12.1 Å². The number of allylic oxidation sites excluding steroid dienone is 3. The van der Waals surface area contributed by atoms with Gasteiger partial charge in [0.05, 0.1) is 0 Å². The molecule has 0 amide bonds. The second-order valence-electron chi connectivity index (χ2n) is 4.69. The van der Waals surface area contributed by atoms with E-state index in [1.54, 1.807) is 0 Å². The summed E-state index contributed by atoms with van der Waals surface area (Å²) in [4.78, 5) is 0. The summed E-state index contributed by atoms with van der Waals surface area (Å²) < 4.78 is 0. The number of nitrogens with zero attached hydrogens (tertiary/aromatic N) is 2. The summed E-state index contributed by atoms with van der Waals surface area (Å²) >= 11 is 6.47. The number of hydrazone groups is 1. The zero-order chi connectivity index (χ0) is 11.7. The topological polar surface area (TPSA) is 15.6 Å². The van der Waals surface area contributed by atoms with E-state index >= 15 is 0 Å². The van der Waals surface area contributed by atoms with Crippen LogP contribution in [0.15, 0.2) is 28.9 Å². The van der Waals surface area contributed by atoms with E-state index in [9.17, 15) is 0 Å². The van der Waals surface area contributed by atoms with E-state index in [0.717, 1.165) is 12.8 Å². The van der Waals surface area contributed by atoms with Crippen molar-refractivity contribution in [3.05, 3.63) is 23.8 Å². The van der Waals surface area contributed by atoms with Crippen LogP contribution in [-0.4, -0.2) is 23.3 Å². The molecule has 0 bridgehead atoms. The molecule has 1 aliphatic heterocycles. The molecule has 16 heavy (non-hydrogen) atoms. The minimum Gasteiger partial charge on any atom is -0.282 e. The Balaban J connectivity index is 2.29. The van der Waals surface area contributed by atoms with Gasteiger partial charge in [0.15, 0.2) is 0 Å². The van der Waals surface area contributed by atoms with Crippen molar-refractivity contribution in [2.75, 3.05) is 7.05 Å². The average molecular weight is 239 g/mol. The van der Waals surface area contributed by atoms with E-state index in [-0.39, 0.29) is 5.50 Å². The zero-order valence-electron chi connectivity index (χ0n) is 10.2. The lowest BCUT2D eigenvalue weighted by Crippen LogP contribution is -2.42. The fraction of sp³-hybridized carbons (Fsp3) is 0.615. The van der Waals surface area contributed by atoms with Crippen molar-refractivity contribution in [1.82, 2.24) is 5.01 Å². The summed E-state index contributed by atoms with van der Waals surface area (Å²) in [6.45, 7) is 4.30. The molecule has 0 spiro atoms. The van der Waals surface area contributed by atoms with Gasteiger partial charge in [-0.25, -0.2) is 0 Å². The molecule has 3 unspecified atom stereocenters. The van der Waals surface area contributed by atoms with Gasteiger partial charge >= 0.3 is 0 Å². The lowest BCUT2D eigenvalue weighted by atomic mass is 9.81. The molecule has 3 heteroatoms. The quantitative estimate of drug-likeness (QED) is 0.505. The predicted molar refractivity (Wildman–Crippen MR) is 69.6 cm³/mol. The second-order valence-corrected chi connectivity index (χ2v) is 5.13. The molecule has 0 N–H and O–H groups in total. The normalized spacial score (nSPS) is 34.8. The highest BCUT2D eigenvalue weighted by Crippen LogP contribution is 2.36. The second kappa shape index (κ2) is 4.62. The SMILES string of the molecule is CC1=NN(C)C(Cl)C(C2=CCCC=C2)C1C. The number of alkyl halides is 1. The highest BCUT2D eigenvalue weighted by molar-refractivity contribution is 6.21. The minimum atomic E-state index is -0.0345. The molecule has 88 valence electrons. The standard InChI is InChI=1S/C13H19ClN2/c1-9-10(2)15-16(3)13(14)12(9)11-7-5-4-6-8-11/h5,7-9,12-13H,4,6H2,1-3H3. The Bertz CT molecular complexity index is 357. The van der Waals surface area contributed by atoms with Gasteiger partial charge in [0.1, 0.15) is 5.50 Å². The molecular formula is C13H19ClN2. The first-order chi connectivity index (χ1) is 7.61. The molecule has 0 radical (unpaired) electrons. The van der Waals surface area contributed by atoms with Gasteiger partial charge in [-0.2, -0.15) is 5.10 Å². The van der Waals surface area contributed by atoms with Crippen LogP contribution in [0.5, 0.6) is 0 Å². The maximum Gasteiger partial charge on any atom is 0.127 e. The summed E-state index contributed by atoms with van der Waals surface area (Å²) in [6.07, 6.45) is 9.08. The van der Waals surface area contributed by atoms with Crippen LogP contribution in [0.25, 0.3) is 0 Å². The van der Waals surface area contributed by atoms with E-state index in [1.165, 1.54) is 11.3 Å². The summed E-state index contributed by atoms with van der Waals surface area (Å²) in [5.74, 6) is 0.786. The van der Waals surface area contributed by atoms with Crippen LogP contribution >= 0.6 is 11.6 Å². The van der Waals surface area contributed by atoms with Crippen molar-refractivity contribution in [2.45, 2.75) is 32.2 Å². The third-order valence-corrected chi connectivity index (χ3v) is 4.13. The monoisotopic (exact) mass is 238 g/mol. The Kier molecular flexibility index (Phi) is 3.38. The highest BCUT2D eigenvalue weighted by atomic mass is 35.5. The summed E-state index contributed by atoms with van der Waals surface area (Å²) in [5.41, 5.74) is 2.51. The Morgan fingerprint density at radius 1 is 1.44 bits per heavy atom. The first-order valence-electron chi connectivity index (χ1n) is 5.90. The molecule has 2 nitrogen and oxygen atoms in total. The largest absolute Gasteiger partial charge is 0.282 e. The fourth-order valence-electron chi connectivity index (χ4n) is 2.45. The van der Waals surface area contributed by atoms with Gasteiger partial charge in [-0.15, -0.1) is 0 Å². The Morgan fingerprint density at radius 2 is 2.19 bits per heavy atom. The highest BCUT2D eigenvalue weighted by Gasteiger charge is 2.35. The molecule has 1 heterocycles. The van der Waals surface area contributed by atoms with Crippen LogP contribution in [0.4, 0.5) is 0 Å². The smallest absolute Gasteiger partial charge is 0.127 e. The third-order valence-electron chi connectivity index (χ3n) is 3.58. The number of halogens is 1. The summed E-state index contributed by atoms with van der Waals surface area (Å²) in [7, 11) is 1.95. The Hall–Kier alpha value is -0.760. The van der Waals surface area contributed by atoms with Crippen molar-refractivity contribution < 1.29 is 0 Å². The molecular weight excluding hydrogens is 220 g/mol. The first-order valence-corrected chi connectivity index (χ1v) is 6.33. The lowest BCUT2D eigenvalue weighted by molar-refractivity contribution is 0.227. The van der Waals surface area contributed by atoms with Crippen LogP contribution < -0.4 is 0 Å².